The molecule has 0 N–H and O–H groups in total. The van der Waals surface area contributed by atoms with Gasteiger partial charge in [-0.05, 0) is 44.0 Å². The maximum atomic E-state index is 12.4. The second-order valence-electron chi connectivity index (χ2n) is 6.13. The van der Waals surface area contributed by atoms with Gasteiger partial charge in [-0.1, -0.05) is 0 Å². The lowest BCUT2D eigenvalue weighted by molar-refractivity contribution is -0.132. The van der Waals surface area contributed by atoms with E-state index in [2.05, 4.69) is 9.88 Å². The lowest BCUT2D eigenvalue weighted by atomic mass is 10.2. The predicted molar refractivity (Wildman–Crippen MR) is 98.8 cm³/mol. The van der Waals surface area contributed by atoms with Crippen LogP contribution in [0.25, 0.3) is 6.08 Å². The number of carbonyl (C=O) groups is 2. The van der Waals surface area contributed by atoms with Crippen molar-refractivity contribution in [2.75, 3.05) is 45.8 Å². The van der Waals surface area contributed by atoms with Crippen LogP contribution in [0, 0.1) is 0 Å². The molecular weight excluding hydrogens is 316 g/mol. The summed E-state index contributed by atoms with van der Waals surface area (Å²) in [6.45, 7) is 8.91. The second-order valence-corrected chi connectivity index (χ2v) is 6.13. The number of likely N-dealkylation sites (N-methyl/N-ethyl adjacent to an activating group) is 1. The van der Waals surface area contributed by atoms with E-state index < -0.39 is 0 Å². The van der Waals surface area contributed by atoms with E-state index in [-0.39, 0.29) is 11.8 Å². The molecule has 0 unspecified atom stereocenters. The summed E-state index contributed by atoms with van der Waals surface area (Å²) in [5.74, 6) is 0.191. The van der Waals surface area contributed by atoms with E-state index in [1.807, 2.05) is 41.9 Å². The molecule has 25 heavy (non-hydrogen) atoms. The Morgan fingerprint density at radius 3 is 2.52 bits per heavy atom. The number of pyridine rings is 1. The van der Waals surface area contributed by atoms with Crippen molar-refractivity contribution in [1.29, 1.82) is 0 Å². The van der Waals surface area contributed by atoms with Gasteiger partial charge in [-0.25, -0.2) is 0 Å². The normalized spacial score (nSPS) is 16.0. The first kappa shape index (κ1) is 19.1. The molecular formula is C19H28N4O2. The summed E-state index contributed by atoms with van der Waals surface area (Å²) in [6, 6.07) is 3.74. The van der Waals surface area contributed by atoms with Gasteiger partial charge in [0.1, 0.15) is 0 Å². The summed E-state index contributed by atoms with van der Waals surface area (Å²) >= 11 is 0. The van der Waals surface area contributed by atoms with Crippen LogP contribution in [0.3, 0.4) is 0 Å². The largest absolute Gasteiger partial charge is 0.342 e. The van der Waals surface area contributed by atoms with E-state index in [4.69, 9.17) is 0 Å². The van der Waals surface area contributed by atoms with Crippen molar-refractivity contribution in [3.8, 4) is 0 Å². The quantitative estimate of drug-likeness (QED) is 0.734. The molecule has 0 aromatic carbocycles. The van der Waals surface area contributed by atoms with Crippen LogP contribution in [0.1, 0.15) is 25.8 Å². The van der Waals surface area contributed by atoms with Crippen molar-refractivity contribution < 1.29 is 9.59 Å². The van der Waals surface area contributed by atoms with E-state index in [1.54, 1.807) is 18.5 Å². The van der Waals surface area contributed by atoms with E-state index in [1.165, 1.54) is 0 Å². The van der Waals surface area contributed by atoms with Crippen LogP contribution in [0.4, 0.5) is 0 Å². The van der Waals surface area contributed by atoms with Crippen LogP contribution < -0.4 is 0 Å². The van der Waals surface area contributed by atoms with Crippen LogP contribution in [0.5, 0.6) is 0 Å². The molecule has 2 rings (SSSR count). The molecule has 2 amide bonds. The highest BCUT2D eigenvalue weighted by Crippen LogP contribution is 2.06. The Balaban J connectivity index is 1.85. The minimum absolute atomic E-state index is 0.0220. The number of rotatable bonds is 6. The summed E-state index contributed by atoms with van der Waals surface area (Å²) < 4.78 is 0. The van der Waals surface area contributed by atoms with E-state index >= 15 is 0 Å². The number of hydrogen-bond donors (Lipinski definition) is 0. The molecule has 0 aliphatic carbocycles. The number of carbonyl (C=O) groups excluding carboxylic acids is 2. The van der Waals surface area contributed by atoms with E-state index in [0.717, 1.165) is 44.7 Å². The van der Waals surface area contributed by atoms with Gasteiger partial charge in [-0.15, -0.1) is 0 Å². The monoisotopic (exact) mass is 344 g/mol. The number of nitrogens with zero attached hydrogens (tertiary/aromatic N) is 4. The molecule has 2 heterocycles. The smallest absolute Gasteiger partial charge is 0.246 e. The molecule has 1 aromatic heterocycles. The predicted octanol–water partition coefficient (Wildman–Crippen LogP) is 1.50. The molecule has 1 aromatic rings. The van der Waals surface area contributed by atoms with Gasteiger partial charge in [0.15, 0.2) is 0 Å². The first-order valence-corrected chi connectivity index (χ1v) is 9.01. The third-order valence-electron chi connectivity index (χ3n) is 4.50. The molecule has 0 saturated carbocycles. The number of hydrogen-bond acceptors (Lipinski definition) is 4. The Kier molecular flexibility index (Phi) is 7.60. The van der Waals surface area contributed by atoms with Crippen LogP contribution in [-0.4, -0.2) is 77.3 Å². The van der Waals surface area contributed by atoms with Gasteiger partial charge in [-0.3, -0.25) is 19.5 Å². The van der Waals surface area contributed by atoms with Crippen molar-refractivity contribution >= 4 is 17.9 Å². The topological polar surface area (TPSA) is 56.8 Å². The molecule has 0 radical (unpaired) electrons. The lowest BCUT2D eigenvalue weighted by Crippen LogP contribution is -2.41. The number of aromatic nitrogens is 1. The third kappa shape index (κ3) is 5.98. The standard InChI is InChI=1S/C19H28N4O2/c1-3-22(4-2)19(25)16-21-12-5-13-23(15-14-21)18(24)7-6-17-8-10-20-11-9-17/h6-11H,3-5,12-16H2,1-2H3/b7-6-. The SMILES string of the molecule is CCN(CC)C(=O)CN1CCCN(C(=O)/C=C\c2ccncc2)CC1. The minimum Gasteiger partial charge on any atom is -0.342 e. The molecule has 0 bridgehead atoms. The van der Waals surface area contributed by atoms with Gasteiger partial charge in [0.2, 0.25) is 11.8 Å². The summed E-state index contributed by atoms with van der Waals surface area (Å²) in [5, 5.41) is 0. The maximum absolute atomic E-state index is 12.4. The van der Waals surface area contributed by atoms with Crippen LogP contribution in [0.2, 0.25) is 0 Å². The summed E-state index contributed by atoms with van der Waals surface area (Å²) in [4.78, 5) is 34.5. The van der Waals surface area contributed by atoms with Crippen molar-refractivity contribution in [2.45, 2.75) is 20.3 Å². The minimum atomic E-state index is 0.0220. The third-order valence-corrected chi connectivity index (χ3v) is 4.50. The fraction of sp³-hybridized carbons (Fsp3) is 0.526. The molecule has 0 atom stereocenters. The molecule has 6 heteroatoms. The zero-order chi connectivity index (χ0) is 18.1. The number of amides is 2. The molecule has 0 spiro atoms. The average Bonchev–Trinajstić information content (AvgIpc) is 2.87. The van der Waals surface area contributed by atoms with Gasteiger partial charge in [0.25, 0.3) is 0 Å². The Labute approximate surface area is 150 Å². The highest BCUT2D eigenvalue weighted by atomic mass is 16.2. The van der Waals surface area contributed by atoms with Gasteiger partial charge >= 0.3 is 0 Å². The lowest BCUT2D eigenvalue weighted by Gasteiger charge is -2.25. The molecule has 1 saturated heterocycles. The summed E-state index contributed by atoms with van der Waals surface area (Å²) in [5.41, 5.74) is 0.963. The van der Waals surface area contributed by atoms with Gasteiger partial charge in [0.05, 0.1) is 6.54 Å². The summed E-state index contributed by atoms with van der Waals surface area (Å²) in [7, 11) is 0. The van der Waals surface area contributed by atoms with Crippen LogP contribution in [-0.2, 0) is 9.59 Å². The van der Waals surface area contributed by atoms with Crippen LogP contribution in [0.15, 0.2) is 30.6 Å². The Morgan fingerprint density at radius 1 is 1.12 bits per heavy atom. The van der Waals surface area contributed by atoms with E-state index in [9.17, 15) is 9.59 Å². The van der Waals surface area contributed by atoms with Gasteiger partial charge in [-0.2, -0.15) is 0 Å². The fourth-order valence-corrected chi connectivity index (χ4v) is 2.96. The Hall–Kier alpha value is -2.21. The van der Waals surface area contributed by atoms with Crippen LogP contribution >= 0.6 is 0 Å². The zero-order valence-electron chi connectivity index (χ0n) is 15.2. The highest BCUT2D eigenvalue weighted by molar-refractivity contribution is 5.91. The Morgan fingerprint density at radius 2 is 1.84 bits per heavy atom. The van der Waals surface area contributed by atoms with Crippen molar-refractivity contribution in [3.05, 3.63) is 36.2 Å². The summed E-state index contributed by atoms with van der Waals surface area (Å²) in [6.07, 6.45) is 7.74. The fourth-order valence-electron chi connectivity index (χ4n) is 2.96. The van der Waals surface area contributed by atoms with Crippen molar-refractivity contribution in [3.63, 3.8) is 0 Å². The average molecular weight is 344 g/mol. The van der Waals surface area contributed by atoms with E-state index in [0.29, 0.717) is 13.1 Å². The first-order valence-electron chi connectivity index (χ1n) is 9.01. The first-order chi connectivity index (χ1) is 12.1. The highest BCUT2D eigenvalue weighted by Gasteiger charge is 2.20. The van der Waals surface area contributed by atoms with Gasteiger partial charge in [0, 0.05) is 57.7 Å². The molecule has 136 valence electrons. The van der Waals surface area contributed by atoms with Gasteiger partial charge < -0.3 is 9.80 Å². The van der Waals surface area contributed by atoms with Crippen molar-refractivity contribution in [2.24, 2.45) is 0 Å². The maximum Gasteiger partial charge on any atom is 0.246 e. The molecule has 1 aliphatic heterocycles. The molecule has 1 aliphatic rings. The molecule has 6 nitrogen and oxygen atoms in total. The zero-order valence-corrected chi connectivity index (χ0v) is 15.2. The van der Waals surface area contributed by atoms with Crippen molar-refractivity contribution in [1.82, 2.24) is 19.7 Å². The Bertz CT molecular complexity index is 584. The molecule has 1 fully saturated rings. The second kappa shape index (κ2) is 9.93.